The topological polar surface area (TPSA) is 99.3 Å². The average Bonchev–Trinajstić information content (AvgIpc) is 3.29. The maximum atomic E-state index is 12.2. The lowest BCUT2D eigenvalue weighted by atomic mass is 9.97. The molecule has 1 aliphatic rings. The number of aromatic hydroxyl groups is 1. The fraction of sp³-hybridized carbons (Fsp3) is 0.333. The van der Waals surface area contributed by atoms with Gasteiger partial charge >= 0.3 is 6.03 Å². The zero-order valence-electron chi connectivity index (χ0n) is 18.2. The molecule has 3 aromatic rings. The molecule has 1 saturated heterocycles. The molecule has 0 unspecified atom stereocenters. The quantitative estimate of drug-likeness (QED) is 0.442. The molecule has 168 valence electrons. The standard InChI is InChI=1S/C24H27N3O5/c1-3-27(30)24(29)26-14-12-18(13-15-26)23-25-21(16-4-8-19(28)9-5-16)22(32-23)17-6-10-20(31-2)11-7-17/h4-11,18,28,30H,3,12-15H2,1-2H3. The molecule has 4 rings (SSSR count). The van der Waals surface area contributed by atoms with Crippen molar-refractivity contribution in [1.29, 1.82) is 0 Å². The number of phenolic OH excluding ortho intramolecular Hbond substituents is 1. The molecular weight excluding hydrogens is 410 g/mol. The maximum Gasteiger partial charge on any atom is 0.343 e. The molecule has 1 aliphatic heterocycles. The van der Waals surface area contributed by atoms with E-state index in [1.54, 1.807) is 31.1 Å². The second-order valence-corrected chi connectivity index (χ2v) is 7.76. The van der Waals surface area contributed by atoms with Crippen molar-refractivity contribution in [2.24, 2.45) is 0 Å². The third-order valence-corrected chi connectivity index (χ3v) is 5.77. The summed E-state index contributed by atoms with van der Waals surface area (Å²) < 4.78 is 11.5. The van der Waals surface area contributed by atoms with Crippen LogP contribution < -0.4 is 4.74 Å². The highest BCUT2D eigenvalue weighted by molar-refractivity contribution is 5.77. The summed E-state index contributed by atoms with van der Waals surface area (Å²) in [6.07, 6.45) is 1.39. The van der Waals surface area contributed by atoms with Gasteiger partial charge in [-0.25, -0.2) is 14.8 Å². The first-order valence-electron chi connectivity index (χ1n) is 10.7. The molecule has 0 atom stereocenters. The summed E-state index contributed by atoms with van der Waals surface area (Å²) in [5.74, 6) is 2.28. The third-order valence-electron chi connectivity index (χ3n) is 5.77. The molecule has 2 amide bonds. The van der Waals surface area contributed by atoms with E-state index in [2.05, 4.69) is 0 Å². The number of piperidine rings is 1. The van der Waals surface area contributed by atoms with Gasteiger partial charge in [0.25, 0.3) is 0 Å². The fourth-order valence-corrected chi connectivity index (χ4v) is 3.88. The van der Waals surface area contributed by atoms with Crippen LogP contribution >= 0.6 is 0 Å². The van der Waals surface area contributed by atoms with E-state index in [1.807, 2.05) is 36.4 Å². The summed E-state index contributed by atoms with van der Waals surface area (Å²) in [5.41, 5.74) is 2.42. The first-order valence-corrected chi connectivity index (χ1v) is 10.7. The lowest BCUT2D eigenvalue weighted by Crippen LogP contribution is -2.45. The number of likely N-dealkylation sites (tertiary alicyclic amines) is 1. The highest BCUT2D eigenvalue weighted by Crippen LogP contribution is 2.38. The second kappa shape index (κ2) is 9.32. The molecule has 32 heavy (non-hydrogen) atoms. The van der Waals surface area contributed by atoms with Crippen LogP contribution in [-0.2, 0) is 0 Å². The van der Waals surface area contributed by atoms with E-state index in [0.29, 0.717) is 43.3 Å². The van der Waals surface area contributed by atoms with Crippen molar-refractivity contribution in [3.05, 3.63) is 54.4 Å². The number of ether oxygens (including phenoxy) is 1. The molecule has 0 aliphatic carbocycles. The van der Waals surface area contributed by atoms with Gasteiger partial charge in [-0.05, 0) is 68.3 Å². The zero-order valence-corrected chi connectivity index (χ0v) is 18.2. The van der Waals surface area contributed by atoms with E-state index < -0.39 is 0 Å². The van der Waals surface area contributed by atoms with E-state index >= 15 is 0 Å². The average molecular weight is 437 g/mol. The number of urea groups is 1. The van der Waals surface area contributed by atoms with Gasteiger partial charge in [0.15, 0.2) is 11.7 Å². The molecule has 8 nitrogen and oxygen atoms in total. The number of aromatic nitrogens is 1. The molecule has 2 heterocycles. The van der Waals surface area contributed by atoms with Gasteiger partial charge in [-0.1, -0.05) is 0 Å². The Morgan fingerprint density at radius 2 is 1.75 bits per heavy atom. The van der Waals surface area contributed by atoms with Gasteiger partial charge < -0.3 is 19.2 Å². The Kier molecular flexibility index (Phi) is 6.32. The molecule has 0 radical (unpaired) electrons. The van der Waals surface area contributed by atoms with Crippen LogP contribution in [0.4, 0.5) is 4.79 Å². The summed E-state index contributed by atoms with van der Waals surface area (Å²) >= 11 is 0. The molecule has 1 fully saturated rings. The van der Waals surface area contributed by atoms with Crippen molar-refractivity contribution in [2.45, 2.75) is 25.7 Å². The monoisotopic (exact) mass is 437 g/mol. The van der Waals surface area contributed by atoms with Crippen LogP contribution in [0.25, 0.3) is 22.6 Å². The van der Waals surface area contributed by atoms with Crippen molar-refractivity contribution < 1.29 is 24.3 Å². The van der Waals surface area contributed by atoms with Crippen LogP contribution in [0, 0.1) is 0 Å². The molecular formula is C24H27N3O5. The number of carbonyl (C=O) groups excluding carboxylic acids is 1. The summed E-state index contributed by atoms with van der Waals surface area (Å²) in [6, 6.07) is 14.1. The number of nitrogens with zero attached hydrogens (tertiary/aromatic N) is 3. The Morgan fingerprint density at radius 1 is 1.12 bits per heavy atom. The molecule has 2 aromatic carbocycles. The Labute approximate surface area is 186 Å². The fourth-order valence-electron chi connectivity index (χ4n) is 3.88. The summed E-state index contributed by atoms with van der Waals surface area (Å²) in [4.78, 5) is 18.7. The Bertz CT molecular complexity index is 1050. The second-order valence-electron chi connectivity index (χ2n) is 7.76. The summed E-state index contributed by atoms with van der Waals surface area (Å²) in [7, 11) is 1.62. The first-order chi connectivity index (χ1) is 15.5. The van der Waals surface area contributed by atoms with Crippen LogP contribution in [-0.4, -0.2) is 58.0 Å². The largest absolute Gasteiger partial charge is 0.508 e. The van der Waals surface area contributed by atoms with Crippen molar-refractivity contribution in [2.75, 3.05) is 26.7 Å². The number of methoxy groups -OCH3 is 1. The van der Waals surface area contributed by atoms with Crippen LogP contribution in [0.2, 0.25) is 0 Å². The molecule has 0 bridgehead atoms. The smallest absolute Gasteiger partial charge is 0.343 e. The molecule has 8 heteroatoms. The third kappa shape index (κ3) is 4.40. The number of oxazole rings is 1. The molecule has 0 spiro atoms. The van der Waals surface area contributed by atoms with Crippen molar-refractivity contribution in [1.82, 2.24) is 14.9 Å². The van der Waals surface area contributed by atoms with Crippen molar-refractivity contribution in [3.63, 3.8) is 0 Å². The van der Waals surface area contributed by atoms with E-state index in [4.69, 9.17) is 14.1 Å². The number of benzene rings is 2. The van der Waals surface area contributed by atoms with Gasteiger partial charge in [-0.2, -0.15) is 0 Å². The number of hydrogen-bond donors (Lipinski definition) is 2. The van der Waals surface area contributed by atoms with Crippen LogP contribution in [0.5, 0.6) is 11.5 Å². The maximum absolute atomic E-state index is 12.2. The molecule has 0 saturated carbocycles. The van der Waals surface area contributed by atoms with Gasteiger partial charge in [-0.15, -0.1) is 0 Å². The van der Waals surface area contributed by atoms with Crippen molar-refractivity contribution in [3.8, 4) is 34.1 Å². The SMILES string of the molecule is CCN(O)C(=O)N1CCC(c2nc(-c3ccc(O)cc3)c(-c3ccc(OC)cc3)o2)CC1. The summed E-state index contributed by atoms with van der Waals surface area (Å²) in [6.45, 7) is 3.02. The first kappa shape index (κ1) is 21.7. The minimum absolute atomic E-state index is 0.0654. The van der Waals surface area contributed by atoms with Crippen LogP contribution in [0.3, 0.4) is 0 Å². The van der Waals surface area contributed by atoms with Gasteiger partial charge in [-0.3, -0.25) is 5.21 Å². The van der Waals surface area contributed by atoms with Gasteiger partial charge in [0, 0.05) is 36.7 Å². The molecule has 1 aromatic heterocycles. The highest BCUT2D eigenvalue weighted by Gasteiger charge is 2.30. The number of amides is 2. The Balaban J connectivity index is 1.62. The highest BCUT2D eigenvalue weighted by atomic mass is 16.5. The number of hydrogen-bond acceptors (Lipinski definition) is 6. The normalized spacial score (nSPS) is 14.4. The lowest BCUT2D eigenvalue weighted by Gasteiger charge is -2.32. The number of phenols is 1. The number of carbonyl (C=O) groups is 1. The Morgan fingerprint density at radius 3 is 2.34 bits per heavy atom. The number of rotatable bonds is 5. The predicted octanol–water partition coefficient (Wildman–Crippen LogP) is 4.73. The van der Waals surface area contributed by atoms with E-state index in [9.17, 15) is 15.1 Å². The van der Waals surface area contributed by atoms with E-state index in [1.165, 1.54) is 0 Å². The lowest BCUT2D eigenvalue weighted by molar-refractivity contribution is -0.0543. The van der Waals surface area contributed by atoms with Crippen LogP contribution in [0.1, 0.15) is 31.6 Å². The zero-order chi connectivity index (χ0) is 22.7. The van der Waals surface area contributed by atoms with Gasteiger partial charge in [0.2, 0.25) is 0 Å². The van der Waals surface area contributed by atoms with Gasteiger partial charge in [0.05, 0.1) is 7.11 Å². The van der Waals surface area contributed by atoms with E-state index in [-0.39, 0.29) is 24.2 Å². The van der Waals surface area contributed by atoms with Gasteiger partial charge in [0.1, 0.15) is 17.2 Å². The van der Waals surface area contributed by atoms with E-state index in [0.717, 1.165) is 21.9 Å². The van der Waals surface area contributed by atoms with Crippen molar-refractivity contribution >= 4 is 6.03 Å². The Hall–Kier alpha value is -3.52. The predicted molar refractivity (Wildman–Crippen MR) is 119 cm³/mol. The minimum atomic E-state index is -0.373. The minimum Gasteiger partial charge on any atom is -0.508 e. The molecule has 2 N–H and O–H groups in total. The number of hydroxylamine groups is 2. The van der Waals surface area contributed by atoms with Crippen LogP contribution in [0.15, 0.2) is 52.9 Å². The summed E-state index contributed by atoms with van der Waals surface area (Å²) in [5, 5.41) is 20.1.